The predicted octanol–water partition coefficient (Wildman–Crippen LogP) is 3.85. The number of piperidine rings is 1. The van der Waals surface area contributed by atoms with E-state index < -0.39 is 0 Å². The largest absolute Gasteiger partial charge is 0.296 e. The Balaban J connectivity index is 2.07. The van der Waals surface area contributed by atoms with Crippen LogP contribution in [0, 0.1) is 5.82 Å². The van der Waals surface area contributed by atoms with Crippen LogP contribution in [0.2, 0.25) is 5.02 Å². The highest BCUT2D eigenvalue weighted by Gasteiger charge is 2.18. The zero-order chi connectivity index (χ0) is 11.5. The normalized spacial score (nSPS) is 22.3. The Kier molecular flexibility index (Phi) is 3.82. The predicted molar refractivity (Wildman–Crippen MR) is 65.1 cm³/mol. The first kappa shape index (κ1) is 11.9. The number of hydrogen-bond donors (Lipinski definition) is 0. The minimum absolute atomic E-state index is 0.263. The van der Waals surface area contributed by atoms with Crippen molar-refractivity contribution in [2.75, 3.05) is 6.54 Å². The summed E-state index contributed by atoms with van der Waals surface area (Å²) in [4.78, 5) is 2.42. The SMILES string of the molecule is CC1CCCCN1Cc1ccc(F)cc1Cl. The Morgan fingerprint density at radius 2 is 2.25 bits per heavy atom. The van der Waals surface area contributed by atoms with Crippen LogP contribution in [0.15, 0.2) is 18.2 Å². The van der Waals surface area contributed by atoms with Gasteiger partial charge in [-0.15, -0.1) is 0 Å². The molecule has 3 heteroatoms. The summed E-state index contributed by atoms with van der Waals surface area (Å²) < 4.78 is 12.9. The van der Waals surface area contributed by atoms with Gasteiger partial charge in [0.25, 0.3) is 0 Å². The topological polar surface area (TPSA) is 3.24 Å². The van der Waals surface area contributed by atoms with Gasteiger partial charge in [0.2, 0.25) is 0 Å². The van der Waals surface area contributed by atoms with Gasteiger partial charge >= 0.3 is 0 Å². The van der Waals surface area contributed by atoms with Gasteiger partial charge in [-0.05, 0) is 44.0 Å². The smallest absolute Gasteiger partial charge is 0.124 e. The Hall–Kier alpha value is -0.600. The van der Waals surface area contributed by atoms with Crippen LogP contribution in [0.5, 0.6) is 0 Å². The van der Waals surface area contributed by atoms with E-state index in [4.69, 9.17) is 11.6 Å². The lowest BCUT2D eigenvalue weighted by molar-refractivity contribution is 0.152. The van der Waals surface area contributed by atoms with Gasteiger partial charge < -0.3 is 0 Å². The molecule has 88 valence electrons. The molecule has 1 atom stereocenters. The molecule has 0 bridgehead atoms. The summed E-state index contributed by atoms with van der Waals surface area (Å²) in [7, 11) is 0. The fraction of sp³-hybridized carbons (Fsp3) is 0.538. The van der Waals surface area contributed by atoms with E-state index >= 15 is 0 Å². The summed E-state index contributed by atoms with van der Waals surface area (Å²) in [5.41, 5.74) is 1.02. The monoisotopic (exact) mass is 241 g/mol. The third-order valence-corrected chi connectivity index (χ3v) is 3.68. The highest BCUT2D eigenvalue weighted by atomic mass is 35.5. The molecule has 0 aliphatic carbocycles. The van der Waals surface area contributed by atoms with Crippen LogP contribution in [0.25, 0.3) is 0 Å². The first-order valence-corrected chi connectivity index (χ1v) is 6.22. The van der Waals surface area contributed by atoms with Crippen LogP contribution >= 0.6 is 11.6 Å². The van der Waals surface area contributed by atoms with E-state index in [0.717, 1.165) is 18.7 Å². The Morgan fingerprint density at radius 1 is 1.44 bits per heavy atom. The van der Waals surface area contributed by atoms with Crippen LogP contribution in [-0.2, 0) is 6.54 Å². The van der Waals surface area contributed by atoms with Crippen molar-refractivity contribution in [2.24, 2.45) is 0 Å². The third kappa shape index (κ3) is 2.74. The van der Waals surface area contributed by atoms with Gasteiger partial charge in [0.1, 0.15) is 5.82 Å². The minimum atomic E-state index is -0.263. The first-order valence-electron chi connectivity index (χ1n) is 5.85. The number of likely N-dealkylation sites (tertiary alicyclic amines) is 1. The highest BCUT2D eigenvalue weighted by molar-refractivity contribution is 6.31. The van der Waals surface area contributed by atoms with Crippen molar-refractivity contribution in [3.05, 3.63) is 34.6 Å². The Bertz CT molecular complexity index is 367. The van der Waals surface area contributed by atoms with Gasteiger partial charge in [0, 0.05) is 17.6 Å². The molecular formula is C13H17ClFN. The summed E-state index contributed by atoms with van der Waals surface area (Å²) in [6.07, 6.45) is 3.82. The van der Waals surface area contributed by atoms with Gasteiger partial charge in [0.05, 0.1) is 0 Å². The molecule has 2 rings (SSSR count). The second-order valence-corrected chi connectivity index (χ2v) is 4.96. The van der Waals surface area contributed by atoms with Crippen molar-refractivity contribution in [1.29, 1.82) is 0 Å². The van der Waals surface area contributed by atoms with E-state index in [9.17, 15) is 4.39 Å². The molecule has 1 aromatic rings. The van der Waals surface area contributed by atoms with E-state index in [1.165, 1.54) is 31.4 Å². The second kappa shape index (κ2) is 5.15. The summed E-state index contributed by atoms with van der Waals surface area (Å²) >= 11 is 6.03. The maximum atomic E-state index is 12.9. The van der Waals surface area contributed by atoms with Crippen molar-refractivity contribution < 1.29 is 4.39 Å². The van der Waals surface area contributed by atoms with Crippen LogP contribution in [0.1, 0.15) is 31.7 Å². The molecule has 0 N–H and O–H groups in total. The fourth-order valence-corrected chi connectivity index (χ4v) is 2.49. The molecule has 16 heavy (non-hydrogen) atoms. The molecule has 1 unspecified atom stereocenters. The van der Waals surface area contributed by atoms with E-state index in [1.54, 1.807) is 6.07 Å². The third-order valence-electron chi connectivity index (χ3n) is 3.33. The molecular weight excluding hydrogens is 225 g/mol. The van der Waals surface area contributed by atoms with E-state index in [2.05, 4.69) is 11.8 Å². The molecule has 1 aromatic carbocycles. The Morgan fingerprint density at radius 3 is 2.94 bits per heavy atom. The average molecular weight is 242 g/mol. The number of halogens is 2. The molecule has 0 saturated carbocycles. The van der Waals surface area contributed by atoms with Gasteiger partial charge in [-0.2, -0.15) is 0 Å². The number of hydrogen-bond acceptors (Lipinski definition) is 1. The van der Waals surface area contributed by atoms with Crippen LogP contribution in [0.3, 0.4) is 0 Å². The molecule has 0 aromatic heterocycles. The average Bonchev–Trinajstić information content (AvgIpc) is 2.25. The lowest BCUT2D eigenvalue weighted by atomic mass is 10.0. The standard InChI is InChI=1S/C13H17ClFN/c1-10-4-2-3-7-16(10)9-11-5-6-12(15)8-13(11)14/h5-6,8,10H,2-4,7,9H2,1H3. The van der Waals surface area contributed by atoms with Crippen molar-refractivity contribution in [1.82, 2.24) is 4.90 Å². The molecule has 0 amide bonds. The van der Waals surface area contributed by atoms with E-state index in [0.29, 0.717) is 11.1 Å². The molecule has 1 aliphatic heterocycles. The van der Waals surface area contributed by atoms with Gasteiger partial charge in [-0.25, -0.2) is 4.39 Å². The van der Waals surface area contributed by atoms with Crippen molar-refractivity contribution in [2.45, 2.75) is 38.8 Å². The summed E-state index contributed by atoms with van der Waals surface area (Å²) in [6.45, 7) is 4.20. The van der Waals surface area contributed by atoms with E-state index in [-0.39, 0.29) is 5.82 Å². The van der Waals surface area contributed by atoms with Crippen molar-refractivity contribution in [3.8, 4) is 0 Å². The van der Waals surface area contributed by atoms with Crippen LogP contribution < -0.4 is 0 Å². The number of nitrogens with zero attached hydrogens (tertiary/aromatic N) is 1. The molecule has 1 fully saturated rings. The molecule has 1 nitrogen and oxygen atoms in total. The van der Waals surface area contributed by atoms with Crippen LogP contribution in [0.4, 0.5) is 4.39 Å². The van der Waals surface area contributed by atoms with Crippen LogP contribution in [-0.4, -0.2) is 17.5 Å². The molecule has 0 spiro atoms. The maximum Gasteiger partial charge on any atom is 0.124 e. The lowest BCUT2D eigenvalue weighted by Crippen LogP contribution is -2.36. The number of benzene rings is 1. The molecule has 0 radical (unpaired) electrons. The highest BCUT2D eigenvalue weighted by Crippen LogP contribution is 2.23. The number of rotatable bonds is 2. The minimum Gasteiger partial charge on any atom is -0.296 e. The van der Waals surface area contributed by atoms with Crippen molar-refractivity contribution in [3.63, 3.8) is 0 Å². The molecule has 1 heterocycles. The fourth-order valence-electron chi connectivity index (χ4n) is 2.26. The maximum absolute atomic E-state index is 12.9. The van der Waals surface area contributed by atoms with E-state index in [1.807, 2.05) is 0 Å². The molecule has 1 saturated heterocycles. The summed E-state index contributed by atoms with van der Waals surface area (Å²) in [5, 5.41) is 0.540. The van der Waals surface area contributed by atoms with Gasteiger partial charge in [-0.3, -0.25) is 4.90 Å². The lowest BCUT2D eigenvalue weighted by Gasteiger charge is -2.33. The quantitative estimate of drug-likeness (QED) is 0.760. The first-order chi connectivity index (χ1) is 7.66. The molecule has 1 aliphatic rings. The second-order valence-electron chi connectivity index (χ2n) is 4.55. The zero-order valence-electron chi connectivity index (χ0n) is 9.55. The van der Waals surface area contributed by atoms with Gasteiger partial charge in [-0.1, -0.05) is 24.1 Å². The van der Waals surface area contributed by atoms with Crippen molar-refractivity contribution >= 4 is 11.6 Å². The summed E-state index contributed by atoms with van der Waals surface area (Å²) in [6, 6.07) is 5.27. The van der Waals surface area contributed by atoms with Gasteiger partial charge in [0.15, 0.2) is 0 Å². The Labute approximate surface area is 101 Å². The zero-order valence-corrected chi connectivity index (χ0v) is 10.3. The summed E-state index contributed by atoms with van der Waals surface area (Å²) in [5.74, 6) is -0.263.